The minimum absolute atomic E-state index is 0. The highest BCUT2D eigenvalue weighted by atomic mass is 127. The van der Waals surface area contributed by atoms with Crippen LogP contribution in [0, 0.1) is 0 Å². The van der Waals surface area contributed by atoms with Crippen LogP contribution in [-0.4, -0.2) is 35.7 Å². The zero-order valence-electron chi connectivity index (χ0n) is 10.1. The molecule has 3 nitrogen and oxygen atoms in total. The maximum Gasteiger partial charge on any atom is 0.328 e. The Hall–Kier alpha value is 0.250. The number of nitrogens with zero attached hydrogens (tertiary/aromatic N) is 1. The van der Waals surface area contributed by atoms with E-state index in [4.69, 9.17) is 4.74 Å². The highest BCUT2D eigenvalue weighted by Gasteiger charge is 2.32. The molecule has 1 rings (SSSR count). The molecule has 5 heteroatoms. The Balaban J connectivity index is 0.00000225. The number of piperidine rings is 1. The molecule has 1 heterocycles. The minimum Gasteiger partial charge on any atom is -0.465 e. The van der Waals surface area contributed by atoms with Gasteiger partial charge in [-0.15, -0.1) is 24.0 Å². The normalized spacial score (nSPS) is 23.9. The molecule has 0 spiro atoms. The Bertz CT molecular complexity index is 258. The van der Waals surface area contributed by atoms with Crippen LogP contribution >= 0.6 is 35.9 Å². The first-order chi connectivity index (χ1) is 7.24. The fourth-order valence-corrected chi connectivity index (χ4v) is 2.62. The number of esters is 1. The molecule has 0 saturated carbocycles. The first-order valence-electron chi connectivity index (χ1n) is 5.37. The van der Waals surface area contributed by atoms with Crippen molar-refractivity contribution < 1.29 is 9.53 Å². The molecule has 16 heavy (non-hydrogen) atoms. The fourth-order valence-electron chi connectivity index (χ4n) is 1.88. The van der Waals surface area contributed by atoms with Gasteiger partial charge >= 0.3 is 5.97 Å². The molecule has 1 atom stereocenters. The summed E-state index contributed by atoms with van der Waals surface area (Å²) in [5, 5.41) is 0. The van der Waals surface area contributed by atoms with E-state index >= 15 is 0 Å². The van der Waals surface area contributed by atoms with Crippen LogP contribution in [-0.2, 0) is 9.53 Å². The molecule has 0 N–H and O–H groups in total. The van der Waals surface area contributed by atoms with E-state index < -0.39 is 0 Å². The van der Waals surface area contributed by atoms with Gasteiger partial charge in [0, 0.05) is 6.54 Å². The van der Waals surface area contributed by atoms with Crippen molar-refractivity contribution in [1.29, 1.82) is 0 Å². The second-order valence-corrected chi connectivity index (χ2v) is 4.28. The average molecular weight is 357 g/mol. The largest absolute Gasteiger partial charge is 0.465 e. The molecule has 1 fully saturated rings. The third kappa shape index (κ3) is 3.92. The van der Waals surface area contributed by atoms with E-state index in [0.29, 0.717) is 6.61 Å². The molecule has 1 aliphatic heterocycles. The van der Waals surface area contributed by atoms with Crippen LogP contribution in [0.2, 0.25) is 0 Å². The average Bonchev–Trinajstić information content (AvgIpc) is 2.28. The van der Waals surface area contributed by atoms with Crippen molar-refractivity contribution in [3.63, 3.8) is 0 Å². The number of hydrogen-bond acceptors (Lipinski definition) is 4. The standard InChI is InChI=1S/C11H19NO2S.HI/c1-4-9-7-6-8-12(15-3)10(9)11(13)14-5-2;/h4,10H,5-8H2,1-3H3;1H. The molecule has 1 unspecified atom stereocenters. The summed E-state index contributed by atoms with van der Waals surface area (Å²) in [5.41, 5.74) is 1.19. The van der Waals surface area contributed by atoms with Crippen LogP contribution in [0.4, 0.5) is 0 Å². The lowest BCUT2D eigenvalue weighted by Gasteiger charge is -2.33. The summed E-state index contributed by atoms with van der Waals surface area (Å²) in [4.78, 5) is 11.8. The van der Waals surface area contributed by atoms with E-state index in [9.17, 15) is 4.79 Å². The predicted molar refractivity (Wildman–Crippen MR) is 79.0 cm³/mol. The Morgan fingerprint density at radius 3 is 2.88 bits per heavy atom. The Morgan fingerprint density at radius 2 is 2.38 bits per heavy atom. The predicted octanol–water partition coefficient (Wildman–Crippen LogP) is 2.86. The van der Waals surface area contributed by atoms with Crippen LogP contribution in [0.1, 0.15) is 26.7 Å². The third-order valence-corrected chi connectivity index (χ3v) is 3.46. The number of halogens is 1. The van der Waals surface area contributed by atoms with Gasteiger partial charge in [-0.2, -0.15) is 0 Å². The lowest BCUT2D eigenvalue weighted by atomic mass is 9.97. The lowest BCUT2D eigenvalue weighted by molar-refractivity contribution is -0.146. The van der Waals surface area contributed by atoms with Crippen LogP contribution in [0.25, 0.3) is 0 Å². The summed E-state index contributed by atoms with van der Waals surface area (Å²) in [6.45, 7) is 5.25. The number of carbonyl (C=O) groups is 1. The first kappa shape index (κ1) is 16.2. The van der Waals surface area contributed by atoms with E-state index in [2.05, 4.69) is 4.31 Å². The van der Waals surface area contributed by atoms with Crippen molar-refractivity contribution in [2.24, 2.45) is 0 Å². The van der Waals surface area contributed by atoms with Crippen LogP contribution in [0.3, 0.4) is 0 Å². The third-order valence-electron chi connectivity index (χ3n) is 2.60. The van der Waals surface area contributed by atoms with Crippen molar-refractivity contribution in [2.45, 2.75) is 32.7 Å². The summed E-state index contributed by atoms with van der Waals surface area (Å²) in [5.74, 6) is -0.111. The van der Waals surface area contributed by atoms with Gasteiger partial charge in [-0.1, -0.05) is 18.0 Å². The smallest absolute Gasteiger partial charge is 0.328 e. The molecule has 0 aromatic carbocycles. The summed E-state index contributed by atoms with van der Waals surface area (Å²) in [6.07, 6.45) is 6.18. The van der Waals surface area contributed by atoms with Crippen LogP contribution in [0.5, 0.6) is 0 Å². The zero-order chi connectivity index (χ0) is 11.3. The number of allylic oxidation sites excluding steroid dienone is 1. The highest BCUT2D eigenvalue weighted by Crippen LogP contribution is 2.28. The lowest BCUT2D eigenvalue weighted by Crippen LogP contribution is -2.43. The van der Waals surface area contributed by atoms with Gasteiger partial charge in [-0.25, -0.2) is 9.10 Å². The molecule has 1 aliphatic rings. The Kier molecular flexibility index (Phi) is 8.49. The maximum absolute atomic E-state index is 11.8. The Labute approximate surface area is 119 Å². The minimum atomic E-state index is -0.168. The number of carbonyl (C=O) groups excluding carboxylic acids is 1. The summed E-state index contributed by atoms with van der Waals surface area (Å²) >= 11 is 1.62. The topological polar surface area (TPSA) is 29.5 Å². The van der Waals surface area contributed by atoms with Gasteiger partial charge < -0.3 is 4.74 Å². The molecule has 94 valence electrons. The second-order valence-electron chi connectivity index (χ2n) is 3.44. The quantitative estimate of drug-likeness (QED) is 0.336. The summed E-state index contributed by atoms with van der Waals surface area (Å²) < 4.78 is 7.22. The van der Waals surface area contributed by atoms with E-state index in [1.807, 2.05) is 26.2 Å². The fraction of sp³-hybridized carbons (Fsp3) is 0.727. The number of rotatable bonds is 3. The molecule has 0 bridgehead atoms. The van der Waals surface area contributed by atoms with Gasteiger partial charge in [0.05, 0.1) is 6.61 Å². The van der Waals surface area contributed by atoms with Gasteiger partial charge in [0.1, 0.15) is 6.04 Å². The molecule has 0 aromatic heterocycles. The molecular weight excluding hydrogens is 337 g/mol. The summed E-state index contributed by atoms with van der Waals surface area (Å²) in [6, 6.07) is -0.168. The van der Waals surface area contributed by atoms with Crippen molar-refractivity contribution in [3.8, 4) is 0 Å². The zero-order valence-corrected chi connectivity index (χ0v) is 13.2. The van der Waals surface area contributed by atoms with Gasteiger partial charge in [0.25, 0.3) is 0 Å². The van der Waals surface area contributed by atoms with Crippen molar-refractivity contribution in [2.75, 3.05) is 19.4 Å². The van der Waals surface area contributed by atoms with E-state index in [0.717, 1.165) is 19.4 Å². The van der Waals surface area contributed by atoms with Gasteiger partial charge in [-0.05, 0) is 38.5 Å². The SMILES string of the molecule is CC=C1CCCN(SC)C1C(=O)OCC.I. The van der Waals surface area contributed by atoms with Gasteiger partial charge in [-0.3, -0.25) is 0 Å². The highest BCUT2D eigenvalue weighted by molar-refractivity contribution is 14.0. The number of ether oxygens (including phenoxy) is 1. The molecule has 0 aliphatic carbocycles. The molecule has 0 radical (unpaired) electrons. The maximum atomic E-state index is 11.8. The molecule has 0 amide bonds. The van der Waals surface area contributed by atoms with Crippen molar-refractivity contribution >= 4 is 41.9 Å². The summed E-state index contributed by atoms with van der Waals surface area (Å²) in [7, 11) is 0. The van der Waals surface area contributed by atoms with E-state index in [1.54, 1.807) is 11.9 Å². The van der Waals surface area contributed by atoms with Gasteiger partial charge in [0.15, 0.2) is 0 Å². The van der Waals surface area contributed by atoms with Crippen LogP contribution in [0.15, 0.2) is 11.6 Å². The number of hydrogen-bond donors (Lipinski definition) is 0. The molecule has 0 aromatic rings. The van der Waals surface area contributed by atoms with Gasteiger partial charge in [0.2, 0.25) is 0 Å². The van der Waals surface area contributed by atoms with E-state index in [1.165, 1.54) is 5.57 Å². The van der Waals surface area contributed by atoms with Crippen molar-refractivity contribution in [1.82, 2.24) is 4.31 Å². The van der Waals surface area contributed by atoms with E-state index in [-0.39, 0.29) is 36.0 Å². The molecular formula is C11H20INO2S. The second kappa shape index (κ2) is 8.36. The van der Waals surface area contributed by atoms with Crippen LogP contribution < -0.4 is 0 Å². The monoisotopic (exact) mass is 357 g/mol. The Morgan fingerprint density at radius 1 is 1.69 bits per heavy atom. The molecule has 1 saturated heterocycles. The van der Waals surface area contributed by atoms with Crippen molar-refractivity contribution in [3.05, 3.63) is 11.6 Å². The first-order valence-corrected chi connectivity index (χ1v) is 6.55.